The molecular formula is C22H28N4O2. The summed E-state index contributed by atoms with van der Waals surface area (Å²) < 4.78 is 6.16. The van der Waals surface area contributed by atoms with Gasteiger partial charge in [-0.2, -0.15) is 0 Å². The van der Waals surface area contributed by atoms with Crippen molar-refractivity contribution in [1.82, 2.24) is 14.9 Å². The smallest absolute Gasteiger partial charge is 0.257 e. The average Bonchev–Trinajstić information content (AvgIpc) is 3.34. The fourth-order valence-corrected chi connectivity index (χ4v) is 3.73. The molecule has 0 atom stereocenters. The van der Waals surface area contributed by atoms with Crippen LogP contribution in [0.25, 0.3) is 22.2 Å². The van der Waals surface area contributed by atoms with E-state index in [1.54, 1.807) is 6.07 Å². The highest BCUT2D eigenvalue weighted by Crippen LogP contribution is 2.46. The number of nitrogens with zero attached hydrogens (tertiary/aromatic N) is 1. The van der Waals surface area contributed by atoms with Crippen LogP contribution in [0.3, 0.4) is 0 Å². The summed E-state index contributed by atoms with van der Waals surface area (Å²) >= 11 is 0. The predicted octanol–water partition coefficient (Wildman–Crippen LogP) is 3.61. The number of nitrogens with two attached hydrogens (primary N) is 1. The van der Waals surface area contributed by atoms with Crippen LogP contribution in [0.2, 0.25) is 0 Å². The number of fused-ring (bicyclic) bond motifs is 1. The fourth-order valence-electron chi connectivity index (χ4n) is 3.73. The Bertz CT molecular complexity index is 1030. The summed E-state index contributed by atoms with van der Waals surface area (Å²) in [5.41, 5.74) is 8.74. The molecule has 6 nitrogen and oxygen atoms in total. The van der Waals surface area contributed by atoms with Crippen LogP contribution in [-0.2, 0) is 0 Å². The lowest BCUT2D eigenvalue weighted by molar-refractivity contribution is 0.169. The fraction of sp³-hybridized carbons (Fsp3) is 0.409. The number of hydrogen-bond acceptors (Lipinski definition) is 4. The van der Waals surface area contributed by atoms with Crippen molar-refractivity contribution in [1.29, 1.82) is 0 Å². The van der Waals surface area contributed by atoms with Gasteiger partial charge in [-0.1, -0.05) is 13.8 Å². The van der Waals surface area contributed by atoms with Gasteiger partial charge in [-0.25, -0.2) is 0 Å². The normalized spacial score (nSPS) is 15.2. The minimum absolute atomic E-state index is 0.163. The average molecular weight is 380 g/mol. The first-order valence-corrected chi connectivity index (χ1v) is 9.98. The van der Waals surface area contributed by atoms with E-state index in [9.17, 15) is 4.79 Å². The Balaban J connectivity index is 1.51. The first kappa shape index (κ1) is 18.6. The lowest BCUT2D eigenvalue weighted by atomic mass is 10.1. The van der Waals surface area contributed by atoms with Gasteiger partial charge in [0.05, 0.1) is 17.9 Å². The summed E-state index contributed by atoms with van der Waals surface area (Å²) in [7, 11) is 0. The molecule has 0 saturated heterocycles. The topological polar surface area (TPSA) is 87.1 Å². The van der Waals surface area contributed by atoms with E-state index in [0.29, 0.717) is 16.7 Å². The second-order valence-corrected chi connectivity index (χ2v) is 7.86. The molecule has 148 valence electrons. The Morgan fingerprint density at radius 3 is 2.68 bits per heavy atom. The van der Waals surface area contributed by atoms with Crippen LogP contribution in [0.1, 0.15) is 26.7 Å². The Labute approximate surface area is 164 Å². The minimum atomic E-state index is -0.163. The van der Waals surface area contributed by atoms with Gasteiger partial charge in [-0.15, -0.1) is 0 Å². The summed E-state index contributed by atoms with van der Waals surface area (Å²) in [5.74, 6) is 0.866. The zero-order chi connectivity index (χ0) is 19.7. The van der Waals surface area contributed by atoms with E-state index < -0.39 is 0 Å². The highest BCUT2D eigenvalue weighted by atomic mass is 16.5. The third kappa shape index (κ3) is 3.78. The molecule has 3 aromatic rings. The third-order valence-corrected chi connectivity index (χ3v) is 5.76. The summed E-state index contributed by atoms with van der Waals surface area (Å²) in [6, 6.07) is 9.67. The van der Waals surface area contributed by atoms with Crippen molar-refractivity contribution in [2.24, 2.45) is 5.41 Å². The van der Waals surface area contributed by atoms with Gasteiger partial charge in [0, 0.05) is 34.7 Å². The predicted molar refractivity (Wildman–Crippen MR) is 114 cm³/mol. The maximum atomic E-state index is 12.1. The number of hydrogen-bond donors (Lipinski definition) is 3. The molecule has 4 rings (SSSR count). The quantitative estimate of drug-likeness (QED) is 0.557. The molecule has 0 aliphatic heterocycles. The van der Waals surface area contributed by atoms with Crippen LogP contribution in [0, 0.1) is 5.41 Å². The van der Waals surface area contributed by atoms with Crippen LogP contribution in [-0.4, -0.2) is 41.1 Å². The monoisotopic (exact) mass is 380 g/mol. The van der Waals surface area contributed by atoms with Crippen molar-refractivity contribution in [3.8, 4) is 17.0 Å². The molecule has 0 unspecified atom stereocenters. The van der Waals surface area contributed by atoms with Crippen molar-refractivity contribution in [2.45, 2.75) is 26.7 Å². The molecule has 2 aromatic heterocycles. The van der Waals surface area contributed by atoms with Crippen LogP contribution in [0.15, 0.2) is 41.3 Å². The van der Waals surface area contributed by atoms with Gasteiger partial charge < -0.3 is 25.3 Å². The van der Waals surface area contributed by atoms with Gasteiger partial charge in [0.15, 0.2) is 0 Å². The number of nitrogen functional groups attached to an aromatic ring is 1. The molecule has 1 fully saturated rings. The standard InChI is InChI=1S/C22H28N4O2/c1-3-26(4-2)13-22(7-8-22)14-28-17-5-6-19-15(9-17)10-20(25-19)18-11-16(23)12-24-21(18)27/h5-6,9-12,25H,3-4,7-8,13-14,23H2,1-2H3,(H,24,27). The molecule has 0 bridgehead atoms. The molecule has 0 amide bonds. The molecule has 1 saturated carbocycles. The van der Waals surface area contributed by atoms with E-state index in [2.05, 4.69) is 28.7 Å². The lowest BCUT2D eigenvalue weighted by Gasteiger charge is -2.25. The largest absolute Gasteiger partial charge is 0.493 e. The van der Waals surface area contributed by atoms with Crippen LogP contribution in [0.4, 0.5) is 5.69 Å². The highest BCUT2D eigenvalue weighted by Gasteiger charge is 2.44. The Morgan fingerprint density at radius 1 is 1.18 bits per heavy atom. The zero-order valence-corrected chi connectivity index (χ0v) is 16.5. The van der Waals surface area contributed by atoms with E-state index in [-0.39, 0.29) is 5.56 Å². The van der Waals surface area contributed by atoms with E-state index in [4.69, 9.17) is 10.5 Å². The van der Waals surface area contributed by atoms with Gasteiger partial charge in [-0.3, -0.25) is 4.79 Å². The number of aromatic nitrogens is 2. The maximum absolute atomic E-state index is 12.1. The van der Waals surface area contributed by atoms with Gasteiger partial charge in [0.1, 0.15) is 5.75 Å². The van der Waals surface area contributed by atoms with Crippen molar-refractivity contribution >= 4 is 16.6 Å². The van der Waals surface area contributed by atoms with Gasteiger partial charge in [-0.05, 0) is 56.3 Å². The third-order valence-electron chi connectivity index (χ3n) is 5.76. The second kappa shape index (κ2) is 7.36. The van der Waals surface area contributed by atoms with Crippen molar-refractivity contribution in [3.63, 3.8) is 0 Å². The zero-order valence-electron chi connectivity index (χ0n) is 16.5. The number of rotatable bonds is 8. The number of anilines is 1. The van der Waals surface area contributed by atoms with Crippen molar-refractivity contribution in [2.75, 3.05) is 32.0 Å². The molecule has 4 N–H and O–H groups in total. The number of aromatic amines is 2. The Morgan fingerprint density at radius 2 is 1.96 bits per heavy atom. The molecule has 2 heterocycles. The SMILES string of the molecule is CCN(CC)CC1(COc2ccc3[nH]c(-c4cc(N)c[nH]c4=O)cc3c2)CC1. The number of benzene rings is 1. The number of ether oxygens (including phenoxy) is 1. The highest BCUT2D eigenvalue weighted by molar-refractivity contribution is 5.87. The lowest BCUT2D eigenvalue weighted by Crippen LogP contribution is -2.33. The molecule has 1 aliphatic rings. The van der Waals surface area contributed by atoms with Crippen molar-refractivity contribution < 1.29 is 4.74 Å². The van der Waals surface area contributed by atoms with E-state index >= 15 is 0 Å². The van der Waals surface area contributed by atoms with Crippen LogP contribution >= 0.6 is 0 Å². The maximum Gasteiger partial charge on any atom is 0.257 e. The first-order valence-electron chi connectivity index (χ1n) is 9.98. The first-order chi connectivity index (χ1) is 13.5. The van der Waals surface area contributed by atoms with Gasteiger partial charge in [0.25, 0.3) is 5.56 Å². The Kier molecular flexibility index (Phi) is 4.89. The molecule has 6 heteroatoms. The second-order valence-electron chi connectivity index (χ2n) is 7.86. The molecule has 0 radical (unpaired) electrons. The van der Waals surface area contributed by atoms with Crippen LogP contribution in [0.5, 0.6) is 5.75 Å². The van der Waals surface area contributed by atoms with Gasteiger partial charge >= 0.3 is 0 Å². The molecular weight excluding hydrogens is 352 g/mol. The minimum Gasteiger partial charge on any atom is -0.493 e. The summed E-state index contributed by atoms with van der Waals surface area (Å²) in [6.45, 7) is 8.45. The number of pyridine rings is 1. The van der Waals surface area contributed by atoms with Crippen molar-refractivity contribution in [3.05, 3.63) is 46.9 Å². The van der Waals surface area contributed by atoms with Crippen LogP contribution < -0.4 is 16.0 Å². The number of nitrogens with one attached hydrogen (secondary N) is 2. The number of H-pyrrole nitrogens is 2. The molecule has 0 spiro atoms. The van der Waals surface area contributed by atoms with E-state index in [1.807, 2.05) is 24.3 Å². The summed E-state index contributed by atoms with van der Waals surface area (Å²) in [6.07, 6.45) is 3.98. The summed E-state index contributed by atoms with van der Waals surface area (Å²) in [5, 5.41) is 1.02. The van der Waals surface area contributed by atoms with E-state index in [1.165, 1.54) is 19.0 Å². The molecule has 28 heavy (non-hydrogen) atoms. The molecule has 1 aliphatic carbocycles. The summed E-state index contributed by atoms with van der Waals surface area (Å²) in [4.78, 5) is 20.5. The molecule has 1 aromatic carbocycles. The Hall–Kier alpha value is -2.73. The van der Waals surface area contributed by atoms with Gasteiger partial charge in [0.2, 0.25) is 0 Å². The van der Waals surface area contributed by atoms with E-state index in [0.717, 1.165) is 48.6 Å².